The van der Waals surface area contributed by atoms with Gasteiger partial charge in [0.05, 0.1) is 24.6 Å². The number of hydrogen-bond acceptors (Lipinski definition) is 6. The molecule has 7 nitrogen and oxygen atoms in total. The Balaban J connectivity index is 1.40. The second-order valence-corrected chi connectivity index (χ2v) is 8.80. The fourth-order valence-corrected chi connectivity index (χ4v) is 5.24. The van der Waals surface area contributed by atoms with Gasteiger partial charge >= 0.3 is 0 Å². The maximum atomic E-state index is 15.2. The molecule has 2 aliphatic carbocycles. The Morgan fingerprint density at radius 1 is 1.15 bits per heavy atom. The number of hydrogen-bond donors (Lipinski definition) is 0. The Kier molecular flexibility index (Phi) is 5.19. The molecule has 0 bridgehead atoms. The van der Waals surface area contributed by atoms with Crippen molar-refractivity contribution in [1.29, 1.82) is 0 Å². The second-order valence-electron chi connectivity index (χ2n) is 8.80. The lowest BCUT2D eigenvalue weighted by atomic mass is 9.85. The summed E-state index contributed by atoms with van der Waals surface area (Å²) in [5.41, 5.74) is 3.76. The molecule has 1 fully saturated rings. The van der Waals surface area contributed by atoms with Crippen molar-refractivity contribution in [3.8, 4) is 11.1 Å². The number of methoxy groups -OCH3 is 1. The van der Waals surface area contributed by atoms with Gasteiger partial charge in [0.2, 0.25) is 5.95 Å². The number of halogens is 1. The smallest absolute Gasteiger partial charge is 0.225 e. The third-order valence-corrected chi connectivity index (χ3v) is 6.96. The van der Waals surface area contributed by atoms with Crippen molar-refractivity contribution < 1.29 is 13.9 Å². The lowest BCUT2D eigenvalue weighted by Crippen LogP contribution is -2.37. The van der Waals surface area contributed by atoms with Crippen molar-refractivity contribution in [3.05, 3.63) is 66.2 Å². The first kappa shape index (κ1) is 20.5. The first-order valence-corrected chi connectivity index (χ1v) is 11.5. The number of fused-ring (bicyclic) bond motifs is 3. The van der Waals surface area contributed by atoms with E-state index in [1.165, 1.54) is 6.07 Å². The van der Waals surface area contributed by atoms with Gasteiger partial charge in [0, 0.05) is 61.9 Å². The molecule has 33 heavy (non-hydrogen) atoms. The van der Waals surface area contributed by atoms with Crippen molar-refractivity contribution in [2.45, 2.75) is 24.9 Å². The van der Waals surface area contributed by atoms with Gasteiger partial charge in [-0.1, -0.05) is 24.3 Å². The molecular formula is C25H26FN5O2. The highest BCUT2D eigenvalue weighted by atomic mass is 19.1. The highest BCUT2D eigenvalue weighted by molar-refractivity contribution is 5.65. The summed E-state index contributed by atoms with van der Waals surface area (Å²) in [6.45, 7) is 2.84. The number of aromatic nitrogens is 4. The number of allylic oxidation sites excluding steroid dienone is 4. The molecule has 3 aliphatic rings. The zero-order chi connectivity index (χ0) is 22.4. The fourth-order valence-electron chi connectivity index (χ4n) is 5.24. The third kappa shape index (κ3) is 3.54. The van der Waals surface area contributed by atoms with Crippen molar-refractivity contribution in [2.75, 3.05) is 38.3 Å². The molecule has 170 valence electrons. The molecule has 0 spiro atoms. The molecule has 0 N–H and O–H groups in total. The average Bonchev–Trinajstić information content (AvgIpc) is 3.41. The number of ether oxygens (including phenoxy) is 2. The number of anilines is 1. The minimum absolute atomic E-state index is 0.0770. The van der Waals surface area contributed by atoms with Crippen molar-refractivity contribution in [1.82, 2.24) is 19.4 Å². The van der Waals surface area contributed by atoms with Gasteiger partial charge in [0.25, 0.3) is 0 Å². The summed E-state index contributed by atoms with van der Waals surface area (Å²) in [4.78, 5) is 15.9. The Morgan fingerprint density at radius 3 is 2.70 bits per heavy atom. The summed E-state index contributed by atoms with van der Waals surface area (Å²) in [6.07, 6.45) is 15.7. The van der Waals surface area contributed by atoms with Gasteiger partial charge in [-0.2, -0.15) is 0 Å². The van der Waals surface area contributed by atoms with E-state index in [0.29, 0.717) is 41.9 Å². The quantitative estimate of drug-likeness (QED) is 0.601. The Hall–Kier alpha value is -3.10. The average molecular weight is 448 g/mol. The normalized spacial score (nSPS) is 24.5. The Labute approximate surface area is 191 Å². The van der Waals surface area contributed by atoms with Gasteiger partial charge in [-0.25, -0.2) is 19.3 Å². The maximum Gasteiger partial charge on any atom is 0.225 e. The SMILES string of the molecule is CO[C@H]1C[C@@H](C2C=CC=CC2)c2c1nc1cc(F)c(-c3cnc(N4CCOCC4)nc3)cn21. The zero-order valence-electron chi connectivity index (χ0n) is 18.5. The van der Waals surface area contributed by atoms with Gasteiger partial charge in [-0.3, -0.25) is 0 Å². The molecule has 0 amide bonds. The van der Waals surface area contributed by atoms with E-state index in [-0.39, 0.29) is 17.8 Å². The predicted octanol–water partition coefficient (Wildman–Crippen LogP) is 4.07. The molecule has 1 saturated heterocycles. The van der Waals surface area contributed by atoms with E-state index in [1.807, 2.05) is 10.6 Å². The molecule has 4 heterocycles. The Morgan fingerprint density at radius 2 is 1.97 bits per heavy atom. The van der Waals surface area contributed by atoms with Crippen LogP contribution in [0.15, 0.2) is 49.0 Å². The van der Waals surface area contributed by atoms with Crippen LogP contribution in [-0.2, 0) is 9.47 Å². The molecule has 8 heteroatoms. The van der Waals surface area contributed by atoms with Crippen molar-refractivity contribution in [2.24, 2.45) is 5.92 Å². The van der Waals surface area contributed by atoms with Crippen LogP contribution in [0.2, 0.25) is 0 Å². The molecule has 6 rings (SSSR count). The summed E-state index contributed by atoms with van der Waals surface area (Å²) in [5.74, 6) is 0.949. The van der Waals surface area contributed by atoms with Gasteiger partial charge in [0.15, 0.2) is 0 Å². The summed E-state index contributed by atoms with van der Waals surface area (Å²) >= 11 is 0. The minimum Gasteiger partial charge on any atom is -0.378 e. The lowest BCUT2D eigenvalue weighted by Gasteiger charge is -2.26. The van der Waals surface area contributed by atoms with Crippen LogP contribution in [0.4, 0.5) is 10.3 Å². The van der Waals surface area contributed by atoms with E-state index in [4.69, 9.17) is 14.5 Å². The third-order valence-electron chi connectivity index (χ3n) is 6.96. The standard InChI is InChI=1S/C25H26FN5O2/c1-32-21-11-18(16-5-3-2-4-6-16)24-23(21)29-22-12-20(26)19(15-31(22)24)17-13-27-25(28-14-17)30-7-9-33-10-8-30/h2-5,12-16,18,21H,6-11H2,1H3/t16?,18-,21-/m0/s1. The molecule has 3 aromatic heterocycles. The topological polar surface area (TPSA) is 64.8 Å². The van der Waals surface area contributed by atoms with E-state index in [9.17, 15) is 0 Å². The van der Waals surface area contributed by atoms with E-state index in [0.717, 1.165) is 37.3 Å². The molecular weight excluding hydrogens is 421 g/mol. The largest absolute Gasteiger partial charge is 0.378 e. The zero-order valence-corrected chi connectivity index (χ0v) is 18.5. The number of rotatable bonds is 4. The van der Waals surface area contributed by atoms with Crippen LogP contribution in [0.1, 0.15) is 36.3 Å². The van der Waals surface area contributed by atoms with Crippen LogP contribution >= 0.6 is 0 Å². The first-order chi connectivity index (χ1) is 16.2. The van der Waals surface area contributed by atoms with E-state index in [1.54, 1.807) is 19.5 Å². The summed E-state index contributed by atoms with van der Waals surface area (Å²) < 4.78 is 28.4. The summed E-state index contributed by atoms with van der Waals surface area (Å²) in [5, 5.41) is 0. The van der Waals surface area contributed by atoms with Gasteiger partial charge < -0.3 is 18.8 Å². The van der Waals surface area contributed by atoms with Crippen LogP contribution in [-0.4, -0.2) is 52.8 Å². The summed E-state index contributed by atoms with van der Waals surface area (Å²) in [7, 11) is 1.72. The number of pyridine rings is 1. The van der Waals surface area contributed by atoms with Crippen LogP contribution < -0.4 is 4.90 Å². The second kappa shape index (κ2) is 8.35. The maximum absolute atomic E-state index is 15.2. The molecule has 1 unspecified atom stereocenters. The highest BCUT2D eigenvalue weighted by Crippen LogP contribution is 2.48. The molecule has 3 aromatic rings. The Bertz CT molecular complexity index is 1230. The van der Waals surface area contributed by atoms with Gasteiger partial charge in [-0.15, -0.1) is 0 Å². The first-order valence-electron chi connectivity index (χ1n) is 11.5. The summed E-state index contributed by atoms with van der Waals surface area (Å²) in [6, 6.07) is 1.50. The lowest BCUT2D eigenvalue weighted by molar-refractivity contribution is 0.0946. The monoisotopic (exact) mass is 447 g/mol. The highest BCUT2D eigenvalue weighted by Gasteiger charge is 2.39. The van der Waals surface area contributed by atoms with Crippen molar-refractivity contribution >= 4 is 11.6 Å². The molecule has 1 aliphatic heterocycles. The van der Waals surface area contributed by atoms with Crippen LogP contribution in [0.5, 0.6) is 0 Å². The number of nitrogens with zero attached hydrogens (tertiary/aromatic N) is 5. The minimum atomic E-state index is -0.333. The molecule has 0 radical (unpaired) electrons. The predicted molar refractivity (Wildman–Crippen MR) is 123 cm³/mol. The van der Waals surface area contributed by atoms with E-state index in [2.05, 4.69) is 39.2 Å². The van der Waals surface area contributed by atoms with Crippen LogP contribution in [0.25, 0.3) is 16.8 Å². The number of morpholine rings is 1. The number of imidazole rings is 1. The van der Waals surface area contributed by atoms with Crippen molar-refractivity contribution in [3.63, 3.8) is 0 Å². The fraction of sp³-hybridized carbons (Fsp3) is 0.400. The molecule has 0 saturated carbocycles. The molecule has 0 aromatic carbocycles. The van der Waals surface area contributed by atoms with Crippen LogP contribution in [0.3, 0.4) is 0 Å². The molecule has 3 atom stereocenters. The van der Waals surface area contributed by atoms with E-state index >= 15 is 4.39 Å². The van der Waals surface area contributed by atoms with Crippen LogP contribution in [0, 0.1) is 11.7 Å². The van der Waals surface area contributed by atoms with E-state index < -0.39 is 0 Å². The van der Waals surface area contributed by atoms with Gasteiger partial charge in [-0.05, 0) is 18.8 Å². The van der Waals surface area contributed by atoms with Gasteiger partial charge in [0.1, 0.15) is 17.6 Å².